The molecule has 142 valence electrons. The van der Waals surface area contributed by atoms with Crippen LogP contribution in [0, 0.1) is 0 Å². The van der Waals surface area contributed by atoms with Crippen molar-refractivity contribution in [2.75, 3.05) is 0 Å². The van der Waals surface area contributed by atoms with Crippen LogP contribution in [0.2, 0.25) is 0 Å². The molecule has 0 fully saturated rings. The van der Waals surface area contributed by atoms with Crippen molar-refractivity contribution in [2.45, 2.75) is 26.2 Å². The van der Waals surface area contributed by atoms with Gasteiger partial charge in [0.25, 0.3) is 0 Å². The lowest BCUT2D eigenvalue weighted by Crippen LogP contribution is -2.09. The standard InChI is InChI=1S/C25H21N3O/c1-3-16(2)23-26-24(17-10-5-4-6-11-17)28-25(27-23)20-14-9-13-19-18-12-7-8-15-21(18)29-22(19)20/h3-10,12-15,17H,11H2,1-2H3/b16-3+. The van der Waals surface area contributed by atoms with Gasteiger partial charge in [-0.2, -0.15) is 0 Å². The molecule has 0 bridgehead atoms. The quantitative estimate of drug-likeness (QED) is 0.410. The van der Waals surface area contributed by atoms with Gasteiger partial charge in [-0.25, -0.2) is 15.0 Å². The molecule has 1 aliphatic rings. The predicted octanol–water partition coefficient (Wildman–Crippen LogP) is 6.46. The highest BCUT2D eigenvalue weighted by atomic mass is 16.3. The molecule has 1 atom stereocenters. The van der Waals surface area contributed by atoms with Gasteiger partial charge in [-0.05, 0) is 38.0 Å². The summed E-state index contributed by atoms with van der Waals surface area (Å²) in [7, 11) is 0. The Hall–Kier alpha value is -3.53. The van der Waals surface area contributed by atoms with Crippen LogP contribution in [-0.4, -0.2) is 15.0 Å². The van der Waals surface area contributed by atoms with E-state index in [2.05, 4.69) is 36.4 Å². The van der Waals surface area contributed by atoms with Crippen LogP contribution in [0.4, 0.5) is 0 Å². The fourth-order valence-electron chi connectivity index (χ4n) is 3.68. The van der Waals surface area contributed by atoms with E-state index in [4.69, 9.17) is 19.4 Å². The van der Waals surface area contributed by atoms with Gasteiger partial charge in [0, 0.05) is 16.7 Å². The minimum atomic E-state index is 0.153. The number of para-hydroxylation sites is 2. The number of furan rings is 1. The first kappa shape index (κ1) is 17.6. The summed E-state index contributed by atoms with van der Waals surface area (Å²) in [6, 6.07) is 14.2. The van der Waals surface area contributed by atoms with E-state index in [-0.39, 0.29) is 5.92 Å². The number of rotatable bonds is 3. The molecule has 2 aromatic carbocycles. The number of allylic oxidation sites excluding steroid dienone is 6. The molecule has 0 amide bonds. The average molecular weight is 379 g/mol. The van der Waals surface area contributed by atoms with Crippen molar-refractivity contribution < 1.29 is 4.42 Å². The SMILES string of the molecule is C/C=C(\C)c1nc(-c2cccc3c2oc2ccccc23)nc(C2C=CC=CC2)n1. The molecule has 0 saturated heterocycles. The minimum absolute atomic E-state index is 0.153. The molecule has 1 aliphatic carbocycles. The number of aromatic nitrogens is 3. The summed E-state index contributed by atoms with van der Waals surface area (Å²) >= 11 is 0. The highest BCUT2D eigenvalue weighted by Gasteiger charge is 2.19. The number of hydrogen-bond donors (Lipinski definition) is 0. The van der Waals surface area contributed by atoms with Crippen molar-refractivity contribution in [1.82, 2.24) is 15.0 Å². The van der Waals surface area contributed by atoms with Gasteiger partial charge < -0.3 is 4.42 Å². The van der Waals surface area contributed by atoms with Crippen molar-refractivity contribution in [3.63, 3.8) is 0 Å². The molecule has 1 unspecified atom stereocenters. The minimum Gasteiger partial charge on any atom is -0.455 e. The first-order valence-corrected chi connectivity index (χ1v) is 9.88. The van der Waals surface area contributed by atoms with Gasteiger partial charge >= 0.3 is 0 Å². The Bertz CT molecular complexity index is 1310. The molecular formula is C25H21N3O. The van der Waals surface area contributed by atoms with Crippen molar-refractivity contribution in [2.24, 2.45) is 0 Å². The molecule has 4 heteroatoms. The zero-order valence-electron chi connectivity index (χ0n) is 16.5. The Morgan fingerprint density at radius 2 is 1.86 bits per heavy atom. The van der Waals surface area contributed by atoms with Gasteiger partial charge in [-0.15, -0.1) is 0 Å². The normalized spacial score (nSPS) is 16.8. The summed E-state index contributed by atoms with van der Waals surface area (Å²) in [6.45, 7) is 4.03. The van der Waals surface area contributed by atoms with Crippen LogP contribution in [0.15, 0.2) is 77.3 Å². The van der Waals surface area contributed by atoms with E-state index in [0.29, 0.717) is 11.6 Å². The number of nitrogens with zero attached hydrogens (tertiary/aromatic N) is 3. The van der Waals surface area contributed by atoms with Gasteiger partial charge in [-0.1, -0.05) is 60.7 Å². The van der Waals surface area contributed by atoms with Crippen LogP contribution >= 0.6 is 0 Å². The number of hydrogen-bond acceptors (Lipinski definition) is 4. The predicted molar refractivity (Wildman–Crippen MR) is 118 cm³/mol. The molecule has 0 N–H and O–H groups in total. The van der Waals surface area contributed by atoms with Crippen LogP contribution in [-0.2, 0) is 0 Å². The second-order valence-corrected chi connectivity index (χ2v) is 7.25. The molecule has 0 spiro atoms. The Morgan fingerprint density at radius 3 is 2.69 bits per heavy atom. The van der Waals surface area contributed by atoms with E-state index >= 15 is 0 Å². The summed E-state index contributed by atoms with van der Waals surface area (Å²) in [5.74, 6) is 2.31. The summed E-state index contributed by atoms with van der Waals surface area (Å²) in [5.41, 5.74) is 3.60. The molecular weight excluding hydrogens is 358 g/mol. The molecule has 0 aliphatic heterocycles. The summed E-state index contributed by atoms with van der Waals surface area (Å²) in [5, 5.41) is 2.17. The summed E-state index contributed by atoms with van der Waals surface area (Å²) in [4.78, 5) is 14.4. The van der Waals surface area contributed by atoms with Gasteiger partial charge in [0.2, 0.25) is 0 Å². The maximum Gasteiger partial charge on any atom is 0.167 e. The van der Waals surface area contributed by atoms with Crippen molar-refractivity contribution in [3.05, 3.63) is 84.5 Å². The van der Waals surface area contributed by atoms with Crippen LogP contribution in [0.5, 0.6) is 0 Å². The van der Waals surface area contributed by atoms with Crippen LogP contribution in [0.3, 0.4) is 0 Å². The average Bonchev–Trinajstić information content (AvgIpc) is 3.17. The third kappa shape index (κ3) is 3.07. The smallest absolute Gasteiger partial charge is 0.167 e. The monoisotopic (exact) mass is 379 g/mol. The van der Waals surface area contributed by atoms with E-state index < -0.39 is 0 Å². The zero-order valence-corrected chi connectivity index (χ0v) is 16.5. The molecule has 0 saturated carbocycles. The lowest BCUT2D eigenvalue weighted by Gasteiger charge is -2.14. The molecule has 4 nitrogen and oxygen atoms in total. The summed E-state index contributed by atoms with van der Waals surface area (Å²) in [6.07, 6.45) is 11.3. The zero-order chi connectivity index (χ0) is 19.8. The number of benzene rings is 2. The molecule has 5 rings (SSSR count). The van der Waals surface area contributed by atoms with Crippen molar-refractivity contribution in [1.29, 1.82) is 0 Å². The Kier molecular flexibility index (Phi) is 4.32. The van der Waals surface area contributed by atoms with Crippen LogP contribution < -0.4 is 0 Å². The van der Waals surface area contributed by atoms with Gasteiger partial charge in [-0.3, -0.25) is 0 Å². The van der Waals surface area contributed by atoms with Gasteiger partial charge in [0.15, 0.2) is 11.6 Å². The van der Waals surface area contributed by atoms with E-state index in [1.165, 1.54) is 0 Å². The Balaban J connectivity index is 1.75. The fourth-order valence-corrected chi connectivity index (χ4v) is 3.68. The Labute approximate surface area is 169 Å². The first-order chi connectivity index (χ1) is 14.2. The maximum absolute atomic E-state index is 6.21. The van der Waals surface area contributed by atoms with Crippen LogP contribution in [0.1, 0.15) is 37.8 Å². The molecule has 2 heterocycles. The largest absolute Gasteiger partial charge is 0.455 e. The Morgan fingerprint density at radius 1 is 1.00 bits per heavy atom. The van der Waals surface area contributed by atoms with E-state index in [9.17, 15) is 0 Å². The molecule has 29 heavy (non-hydrogen) atoms. The van der Waals surface area contributed by atoms with Crippen molar-refractivity contribution in [3.8, 4) is 11.4 Å². The van der Waals surface area contributed by atoms with E-state index in [0.717, 1.165) is 45.3 Å². The van der Waals surface area contributed by atoms with Gasteiger partial charge in [0.05, 0.1) is 5.56 Å². The third-order valence-corrected chi connectivity index (χ3v) is 5.40. The van der Waals surface area contributed by atoms with Gasteiger partial charge in [0.1, 0.15) is 17.0 Å². The maximum atomic E-state index is 6.21. The second kappa shape index (κ2) is 7.13. The molecule has 2 aromatic heterocycles. The lowest BCUT2D eigenvalue weighted by molar-refractivity contribution is 0.669. The van der Waals surface area contributed by atoms with E-state index in [1.54, 1.807) is 0 Å². The topological polar surface area (TPSA) is 51.8 Å². The number of fused-ring (bicyclic) bond motifs is 3. The first-order valence-electron chi connectivity index (χ1n) is 9.88. The highest BCUT2D eigenvalue weighted by Crippen LogP contribution is 2.35. The molecule has 4 aromatic rings. The lowest BCUT2D eigenvalue weighted by atomic mass is 10.00. The fraction of sp³-hybridized carbons (Fsp3) is 0.160. The second-order valence-electron chi connectivity index (χ2n) is 7.25. The third-order valence-electron chi connectivity index (χ3n) is 5.40. The van der Waals surface area contributed by atoms with Crippen LogP contribution in [0.25, 0.3) is 38.9 Å². The summed E-state index contributed by atoms with van der Waals surface area (Å²) < 4.78 is 6.21. The highest BCUT2D eigenvalue weighted by molar-refractivity contribution is 6.08. The van der Waals surface area contributed by atoms with Crippen molar-refractivity contribution >= 4 is 27.5 Å². The molecule has 0 radical (unpaired) electrons. The van der Waals surface area contributed by atoms with E-state index in [1.807, 2.05) is 50.3 Å².